The third kappa shape index (κ3) is 3.37. The predicted molar refractivity (Wildman–Crippen MR) is 107 cm³/mol. The van der Waals surface area contributed by atoms with Crippen LogP contribution >= 0.6 is 11.3 Å². The molecule has 1 aliphatic heterocycles. The smallest absolute Gasteiger partial charge is 0.291 e. The van der Waals surface area contributed by atoms with E-state index in [0.29, 0.717) is 22.3 Å². The van der Waals surface area contributed by atoms with Gasteiger partial charge in [0.1, 0.15) is 5.75 Å². The molecule has 27 heavy (non-hydrogen) atoms. The van der Waals surface area contributed by atoms with Crippen LogP contribution < -0.4 is 20.5 Å². The summed E-state index contributed by atoms with van der Waals surface area (Å²) in [5.74, 6) is 1.20. The fourth-order valence-electron chi connectivity index (χ4n) is 2.88. The number of thiazole rings is 1. The Kier molecular flexibility index (Phi) is 4.29. The molecule has 0 saturated carbocycles. The molecule has 0 fully saturated rings. The molecule has 6 nitrogen and oxygen atoms in total. The number of aryl methyl sites for hydroxylation is 1. The standard InChI is InChI=1S/C20H17N3O3S/c1-11-18(23-20(21)27-11)13-6-7-16-15(10-13)22-19(24)17(26-16)9-12-4-3-5-14(8-12)25-2/h3-10H,1-2H3,(H2,21,23)(H,22,24)/b17-9+. The van der Waals surface area contributed by atoms with Crippen LogP contribution in [0.15, 0.2) is 48.2 Å². The van der Waals surface area contributed by atoms with Gasteiger partial charge in [-0.25, -0.2) is 4.98 Å². The van der Waals surface area contributed by atoms with Crippen LogP contribution in [0, 0.1) is 6.92 Å². The number of hydrogen-bond donors (Lipinski definition) is 2. The molecule has 3 N–H and O–H groups in total. The Labute approximate surface area is 160 Å². The summed E-state index contributed by atoms with van der Waals surface area (Å²) in [4.78, 5) is 17.8. The van der Waals surface area contributed by atoms with E-state index in [1.54, 1.807) is 13.2 Å². The van der Waals surface area contributed by atoms with Crippen molar-refractivity contribution >= 4 is 34.1 Å². The van der Waals surface area contributed by atoms with Gasteiger partial charge in [0.15, 0.2) is 16.6 Å². The summed E-state index contributed by atoms with van der Waals surface area (Å²) < 4.78 is 11.0. The van der Waals surface area contributed by atoms with Crippen LogP contribution in [0.2, 0.25) is 0 Å². The average molecular weight is 379 g/mol. The summed E-state index contributed by atoms with van der Waals surface area (Å²) in [5, 5.41) is 3.39. The van der Waals surface area contributed by atoms with Crippen molar-refractivity contribution < 1.29 is 14.3 Å². The van der Waals surface area contributed by atoms with Crippen LogP contribution in [0.25, 0.3) is 17.3 Å². The zero-order valence-corrected chi connectivity index (χ0v) is 15.6. The molecule has 4 rings (SSSR count). The van der Waals surface area contributed by atoms with Gasteiger partial charge in [0.25, 0.3) is 5.91 Å². The lowest BCUT2D eigenvalue weighted by molar-refractivity contribution is -0.115. The normalized spacial score (nSPS) is 14.4. The topological polar surface area (TPSA) is 86.5 Å². The van der Waals surface area contributed by atoms with E-state index in [0.717, 1.165) is 21.7 Å². The first-order valence-electron chi connectivity index (χ1n) is 8.26. The minimum absolute atomic E-state index is 0.220. The molecule has 3 aromatic rings. The highest BCUT2D eigenvalue weighted by Gasteiger charge is 2.23. The van der Waals surface area contributed by atoms with Crippen molar-refractivity contribution in [2.75, 3.05) is 18.2 Å². The number of hydrogen-bond acceptors (Lipinski definition) is 6. The first-order valence-corrected chi connectivity index (χ1v) is 9.07. The lowest BCUT2D eigenvalue weighted by Gasteiger charge is -2.20. The highest BCUT2D eigenvalue weighted by atomic mass is 32.1. The molecular formula is C20H17N3O3S. The Hall–Kier alpha value is -3.32. The van der Waals surface area contributed by atoms with Crippen molar-refractivity contribution in [3.05, 3.63) is 58.7 Å². The van der Waals surface area contributed by atoms with Gasteiger partial charge in [-0.3, -0.25) is 4.79 Å². The maximum atomic E-state index is 12.5. The molecule has 1 aromatic heterocycles. The van der Waals surface area contributed by atoms with Crippen LogP contribution in [-0.4, -0.2) is 18.0 Å². The third-order valence-electron chi connectivity index (χ3n) is 4.15. The molecular weight excluding hydrogens is 362 g/mol. The molecule has 1 amide bonds. The van der Waals surface area contributed by atoms with E-state index in [9.17, 15) is 4.79 Å². The fraction of sp³-hybridized carbons (Fsp3) is 0.100. The maximum Gasteiger partial charge on any atom is 0.291 e. The average Bonchev–Trinajstić information content (AvgIpc) is 3.00. The van der Waals surface area contributed by atoms with Gasteiger partial charge in [-0.2, -0.15) is 0 Å². The van der Waals surface area contributed by atoms with E-state index in [1.807, 2.05) is 49.4 Å². The number of amides is 1. The predicted octanol–water partition coefficient (Wildman–Crippen LogP) is 4.08. The lowest BCUT2D eigenvalue weighted by atomic mass is 10.1. The quantitative estimate of drug-likeness (QED) is 0.670. The van der Waals surface area contributed by atoms with Crippen LogP contribution in [0.3, 0.4) is 0 Å². The number of aromatic nitrogens is 1. The molecule has 2 aromatic carbocycles. The van der Waals surface area contributed by atoms with Crippen LogP contribution in [0.4, 0.5) is 10.8 Å². The summed E-state index contributed by atoms with van der Waals surface area (Å²) in [6.45, 7) is 1.97. The number of carbonyl (C=O) groups is 1. The molecule has 2 heterocycles. The number of anilines is 2. The number of methoxy groups -OCH3 is 1. The van der Waals surface area contributed by atoms with Gasteiger partial charge < -0.3 is 20.5 Å². The number of nitrogens with one attached hydrogen (secondary N) is 1. The van der Waals surface area contributed by atoms with Gasteiger partial charge in [-0.15, -0.1) is 11.3 Å². The molecule has 0 aliphatic carbocycles. The second-order valence-electron chi connectivity index (χ2n) is 6.01. The third-order valence-corrected chi connectivity index (χ3v) is 4.95. The monoisotopic (exact) mass is 379 g/mol. The first-order chi connectivity index (χ1) is 13.0. The SMILES string of the molecule is COc1cccc(/C=C2/Oc3ccc(-c4nc(N)sc4C)cc3NC2=O)c1. The van der Waals surface area contributed by atoms with Crippen molar-refractivity contribution in [1.29, 1.82) is 0 Å². The number of nitrogen functional groups attached to an aromatic ring is 1. The first kappa shape index (κ1) is 17.1. The largest absolute Gasteiger partial charge is 0.497 e. The van der Waals surface area contributed by atoms with E-state index in [1.165, 1.54) is 11.3 Å². The van der Waals surface area contributed by atoms with Crippen molar-refractivity contribution in [2.24, 2.45) is 0 Å². The molecule has 136 valence electrons. The van der Waals surface area contributed by atoms with E-state index in [4.69, 9.17) is 15.2 Å². The van der Waals surface area contributed by atoms with Gasteiger partial charge in [0.05, 0.1) is 18.5 Å². The van der Waals surface area contributed by atoms with E-state index < -0.39 is 0 Å². The fourth-order valence-corrected chi connectivity index (χ4v) is 3.59. The summed E-state index contributed by atoms with van der Waals surface area (Å²) in [7, 11) is 1.60. The molecule has 1 aliphatic rings. The summed E-state index contributed by atoms with van der Waals surface area (Å²) >= 11 is 1.44. The second kappa shape index (κ2) is 6.77. The minimum atomic E-state index is -0.308. The highest BCUT2D eigenvalue weighted by molar-refractivity contribution is 7.15. The number of rotatable bonds is 3. The van der Waals surface area contributed by atoms with Gasteiger partial charge in [-0.1, -0.05) is 12.1 Å². The lowest BCUT2D eigenvalue weighted by Crippen LogP contribution is -2.23. The van der Waals surface area contributed by atoms with Crippen molar-refractivity contribution in [1.82, 2.24) is 4.98 Å². The Morgan fingerprint density at radius 1 is 1.26 bits per heavy atom. The van der Waals surface area contributed by atoms with Crippen LogP contribution in [-0.2, 0) is 4.79 Å². The second-order valence-corrected chi connectivity index (χ2v) is 7.24. The summed E-state index contributed by atoms with van der Waals surface area (Å²) in [6, 6.07) is 13.0. The van der Waals surface area contributed by atoms with Crippen molar-refractivity contribution in [3.8, 4) is 22.8 Å². The Balaban J connectivity index is 1.66. The van der Waals surface area contributed by atoms with Gasteiger partial charge in [-0.05, 0) is 48.9 Å². The van der Waals surface area contributed by atoms with Crippen molar-refractivity contribution in [2.45, 2.75) is 6.92 Å². The molecule has 0 bridgehead atoms. The molecule has 0 saturated heterocycles. The number of benzene rings is 2. The van der Waals surface area contributed by atoms with Gasteiger partial charge in [0.2, 0.25) is 0 Å². The van der Waals surface area contributed by atoms with Crippen LogP contribution in [0.5, 0.6) is 11.5 Å². The highest BCUT2D eigenvalue weighted by Crippen LogP contribution is 2.37. The summed E-state index contributed by atoms with van der Waals surface area (Å²) in [6.07, 6.45) is 1.68. The van der Waals surface area contributed by atoms with Gasteiger partial charge in [0, 0.05) is 10.4 Å². The molecule has 0 radical (unpaired) electrons. The Morgan fingerprint density at radius 3 is 2.85 bits per heavy atom. The summed E-state index contributed by atoms with van der Waals surface area (Å²) in [5.41, 5.74) is 8.89. The number of nitrogens with zero attached hydrogens (tertiary/aromatic N) is 1. The number of ether oxygens (including phenoxy) is 2. The van der Waals surface area contributed by atoms with E-state index >= 15 is 0 Å². The molecule has 0 spiro atoms. The zero-order valence-electron chi connectivity index (χ0n) is 14.8. The molecule has 0 atom stereocenters. The van der Waals surface area contributed by atoms with Crippen LogP contribution in [0.1, 0.15) is 10.4 Å². The number of carbonyl (C=O) groups excluding carboxylic acids is 1. The Morgan fingerprint density at radius 2 is 2.11 bits per heavy atom. The minimum Gasteiger partial charge on any atom is -0.497 e. The van der Waals surface area contributed by atoms with Gasteiger partial charge >= 0.3 is 0 Å². The van der Waals surface area contributed by atoms with E-state index in [-0.39, 0.29) is 11.7 Å². The number of nitrogens with two attached hydrogens (primary N) is 1. The maximum absolute atomic E-state index is 12.5. The number of fused-ring (bicyclic) bond motifs is 1. The molecule has 0 unspecified atom stereocenters. The molecule has 7 heteroatoms. The Bertz CT molecular complexity index is 1070. The zero-order chi connectivity index (χ0) is 19.0. The van der Waals surface area contributed by atoms with Crippen molar-refractivity contribution in [3.63, 3.8) is 0 Å². The van der Waals surface area contributed by atoms with E-state index in [2.05, 4.69) is 10.3 Å².